The Bertz CT molecular complexity index is 482. The van der Waals surface area contributed by atoms with Crippen LogP contribution in [0.3, 0.4) is 0 Å². The molecule has 1 aromatic rings. The third-order valence-corrected chi connectivity index (χ3v) is 2.47. The summed E-state index contributed by atoms with van der Waals surface area (Å²) in [5.41, 5.74) is 3.03. The average molecular weight is 230 g/mol. The normalized spacial score (nSPS) is 9.59. The van der Waals surface area contributed by atoms with Gasteiger partial charge in [-0.1, -0.05) is 32.0 Å². The van der Waals surface area contributed by atoms with Gasteiger partial charge in [-0.25, -0.2) is 19.6 Å². The molecule has 88 valence electrons. The zero-order chi connectivity index (χ0) is 12.7. The van der Waals surface area contributed by atoms with E-state index in [-0.39, 0.29) is 0 Å². The summed E-state index contributed by atoms with van der Waals surface area (Å²) in [7, 11) is 0. The first-order valence-electron chi connectivity index (χ1n) is 5.38. The molecule has 0 unspecified atom stereocenters. The van der Waals surface area contributed by atoms with Crippen LogP contribution < -0.4 is 0 Å². The molecule has 1 aromatic carbocycles. The zero-order valence-electron chi connectivity index (χ0n) is 9.93. The van der Waals surface area contributed by atoms with Crippen LogP contribution in [0, 0.1) is 0 Å². The second-order valence-corrected chi connectivity index (χ2v) is 4.00. The van der Waals surface area contributed by atoms with Gasteiger partial charge in [-0.05, 0) is 22.6 Å². The molecule has 0 aliphatic rings. The summed E-state index contributed by atoms with van der Waals surface area (Å²) in [6.45, 7) is 4.77. The van der Waals surface area contributed by atoms with Crippen molar-refractivity contribution in [3.63, 3.8) is 0 Å². The predicted octanol–water partition coefficient (Wildman–Crippen LogP) is 2.48. The number of aliphatic imine (C=N–C) groups is 2. The van der Waals surface area contributed by atoms with Crippen molar-refractivity contribution in [2.45, 2.75) is 32.9 Å². The van der Waals surface area contributed by atoms with E-state index in [0.717, 1.165) is 16.7 Å². The maximum atomic E-state index is 10.2. The maximum absolute atomic E-state index is 10.2. The van der Waals surface area contributed by atoms with Gasteiger partial charge in [-0.15, -0.1) is 0 Å². The van der Waals surface area contributed by atoms with Crippen molar-refractivity contribution < 1.29 is 9.59 Å². The van der Waals surface area contributed by atoms with Crippen molar-refractivity contribution in [1.29, 1.82) is 0 Å². The number of hydrogen-bond acceptors (Lipinski definition) is 4. The Morgan fingerprint density at radius 3 is 2.35 bits per heavy atom. The van der Waals surface area contributed by atoms with Gasteiger partial charge >= 0.3 is 0 Å². The van der Waals surface area contributed by atoms with E-state index in [1.165, 1.54) is 12.2 Å². The Labute approximate surface area is 100 Å². The van der Waals surface area contributed by atoms with Gasteiger partial charge in [-0.2, -0.15) is 0 Å². The lowest BCUT2D eigenvalue weighted by atomic mass is 9.95. The lowest BCUT2D eigenvalue weighted by Crippen LogP contribution is -1.97. The van der Waals surface area contributed by atoms with Crippen LogP contribution in [0.2, 0.25) is 0 Å². The van der Waals surface area contributed by atoms with Crippen molar-refractivity contribution in [3.8, 4) is 0 Å². The molecule has 1 rings (SSSR count). The molecule has 0 spiro atoms. The smallest absolute Gasteiger partial charge is 0.211 e. The number of nitrogens with zero attached hydrogens (tertiary/aromatic N) is 2. The van der Waals surface area contributed by atoms with Crippen molar-refractivity contribution in [3.05, 3.63) is 34.9 Å². The van der Waals surface area contributed by atoms with Gasteiger partial charge < -0.3 is 0 Å². The zero-order valence-corrected chi connectivity index (χ0v) is 9.93. The molecule has 0 aromatic heterocycles. The highest BCUT2D eigenvalue weighted by Crippen LogP contribution is 2.22. The van der Waals surface area contributed by atoms with Crippen LogP contribution in [0.4, 0.5) is 0 Å². The second kappa shape index (κ2) is 6.54. The Morgan fingerprint density at radius 2 is 1.76 bits per heavy atom. The van der Waals surface area contributed by atoms with E-state index >= 15 is 0 Å². The highest BCUT2D eigenvalue weighted by Gasteiger charge is 2.07. The summed E-state index contributed by atoms with van der Waals surface area (Å²) in [6, 6.07) is 5.82. The molecule has 0 amide bonds. The molecule has 0 saturated heterocycles. The summed E-state index contributed by atoms with van der Waals surface area (Å²) in [6.07, 6.45) is 3.04. The number of carbonyl (C=O) groups excluding carboxylic acids is 2. The minimum Gasteiger partial charge on any atom is -0.211 e. The number of hydrogen-bond donors (Lipinski definition) is 0. The van der Waals surface area contributed by atoms with Crippen molar-refractivity contribution in [2.24, 2.45) is 9.98 Å². The van der Waals surface area contributed by atoms with Crippen molar-refractivity contribution in [2.75, 3.05) is 0 Å². The monoisotopic (exact) mass is 230 g/mol. The molecule has 0 heterocycles. The molecule has 4 heteroatoms. The Kier molecular flexibility index (Phi) is 5.02. The molecule has 0 aliphatic heterocycles. The Balaban J connectivity index is 3.08. The lowest BCUT2D eigenvalue weighted by Gasteiger charge is -2.12. The fraction of sp³-hybridized carbons (Fsp3) is 0.385. The van der Waals surface area contributed by atoms with Crippen LogP contribution in [0.5, 0.6) is 0 Å². The summed E-state index contributed by atoms with van der Waals surface area (Å²) in [5.74, 6) is 0.357. The molecule has 0 fully saturated rings. The van der Waals surface area contributed by atoms with Crippen LogP contribution in [-0.4, -0.2) is 12.2 Å². The van der Waals surface area contributed by atoms with Gasteiger partial charge in [0.05, 0.1) is 13.1 Å². The first-order valence-corrected chi connectivity index (χ1v) is 5.38. The van der Waals surface area contributed by atoms with Crippen LogP contribution in [0.25, 0.3) is 0 Å². The molecule has 17 heavy (non-hydrogen) atoms. The quantitative estimate of drug-likeness (QED) is 0.576. The van der Waals surface area contributed by atoms with Crippen LogP contribution >= 0.6 is 0 Å². The van der Waals surface area contributed by atoms with Crippen LogP contribution in [0.15, 0.2) is 28.2 Å². The topological polar surface area (TPSA) is 58.9 Å². The van der Waals surface area contributed by atoms with Crippen molar-refractivity contribution >= 4 is 12.2 Å². The van der Waals surface area contributed by atoms with Crippen LogP contribution in [-0.2, 0) is 22.7 Å². The predicted molar refractivity (Wildman–Crippen MR) is 64.2 cm³/mol. The first kappa shape index (κ1) is 13.0. The largest absolute Gasteiger partial charge is 0.235 e. The molecular weight excluding hydrogens is 216 g/mol. The van der Waals surface area contributed by atoms with Gasteiger partial charge in [-0.3, -0.25) is 0 Å². The molecule has 0 radical (unpaired) electrons. The van der Waals surface area contributed by atoms with E-state index in [1.807, 2.05) is 18.2 Å². The first-order chi connectivity index (χ1) is 8.19. The van der Waals surface area contributed by atoms with Gasteiger partial charge in [0, 0.05) is 0 Å². The van der Waals surface area contributed by atoms with Gasteiger partial charge in [0.2, 0.25) is 12.2 Å². The molecular formula is C13H14N2O2. The van der Waals surface area contributed by atoms with Crippen LogP contribution in [0.1, 0.15) is 36.5 Å². The summed E-state index contributed by atoms with van der Waals surface area (Å²) < 4.78 is 0. The second-order valence-electron chi connectivity index (χ2n) is 4.00. The molecule has 0 aliphatic carbocycles. The minimum absolute atomic E-state index is 0.305. The Hall–Kier alpha value is -2.02. The molecule has 0 saturated carbocycles. The van der Waals surface area contributed by atoms with Gasteiger partial charge in [0.25, 0.3) is 0 Å². The standard InChI is InChI=1S/C13H14N2O2/c1-10(2)13-4-3-11(6-14-8-16)5-12(13)7-15-9-17/h3-5,10H,6-7H2,1-2H3. The highest BCUT2D eigenvalue weighted by molar-refractivity contribution is 5.39. The number of isocyanates is 2. The Morgan fingerprint density at radius 1 is 1.12 bits per heavy atom. The van der Waals surface area contributed by atoms with E-state index in [0.29, 0.717) is 19.0 Å². The summed E-state index contributed by atoms with van der Waals surface area (Å²) in [4.78, 5) is 27.3. The maximum Gasteiger partial charge on any atom is 0.235 e. The highest BCUT2D eigenvalue weighted by atomic mass is 16.1. The number of benzene rings is 1. The summed E-state index contributed by atoms with van der Waals surface area (Å²) >= 11 is 0. The minimum atomic E-state index is 0.305. The summed E-state index contributed by atoms with van der Waals surface area (Å²) in [5, 5.41) is 0. The third kappa shape index (κ3) is 3.80. The van der Waals surface area contributed by atoms with E-state index in [2.05, 4.69) is 23.8 Å². The van der Waals surface area contributed by atoms with E-state index in [1.54, 1.807) is 0 Å². The van der Waals surface area contributed by atoms with E-state index in [4.69, 9.17) is 0 Å². The fourth-order valence-corrected chi connectivity index (χ4v) is 1.70. The van der Waals surface area contributed by atoms with Gasteiger partial charge in [0.15, 0.2) is 0 Å². The third-order valence-electron chi connectivity index (χ3n) is 2.47. The SMILES string of the molecule is CC(C)c1ccc(CN=C=O)cc1CN=C=O. The average Bonchev–Trinajstić information content (AvgIpc) is 2.33. The molecule has 0 bridgehead atoms. The van der Waals surface area contributed by atoms with E-state index < -0.39 is 0 Å². The van der Waals surface area contributed by atoms with Crippen molar-refractivity contribution in [1.82, 2.24) is 0 Å². The van der Waals surface area contributed by atoms with E-state index in [9.17, 15) is 9.59 Å². The fourth-order valence-electron chi connectivity index (χ4n) is 1.70. The van der Waals surface area contributed by atoms with Gasteiger partial charge in [0.1, 0.15) is 0 Å². The molecule has 0 N–H and O–H groups in total. The molecule has 4 nitrogen and oxygen atoms in total. The number of rotatable bonds is 5. The lowest BCUT2D eigenvalue weighted by molar-refractivity contribution is 0.562. The molecule has 0 atom stereocenters.